The number of carbonyl (C=O) groups is 1. The van der Waals surface area contributed by atoms with E-state index in [0.717, 1.165) is 5.56 Å². The summed E-state index contributed by atoms with van der Waals surface area (Å²) in [5.41, 5.74) is 10.3. The highest BCUT2D eigenvalue weighted by atomic mass is 35.5. The highest BCUT2D eigenvalue weighted by Crippen LogP contribution is 2.33. The van der Waals surface area contributed by atoms with Gasteiger partial charge in [0.05, 0.1) is 47.7 Å². The summed E-state index contributed by atoms with van der Waals surface area (Å²) in [6.45, 7) is 4.10. The van der Waals surface area contributed by atoms with Crippen molar-refractivity contribution in [2.24, 2.45) is 0 Å². The van der Waals surface area contributed by atoms with Gasteiger partial charge in [-0.25, -0.2) is 9.50 Å². The fourth-order valence-electron chi connectivity index (χ4n) is 3.25. The average molecular weight is 431 g/mol. The molecule has 2 unspecified atom stereocenters. The molecule has 4 rings (SSSR count). The monoisotopic (exact) mass is 430 g/mol. The third-order valence-corrected chi connectivity index (χ3v) is 5.35. The number of carbonyl (C=O) groups excluding carboxylic acids is 1. The lowest BCUT2D eigenvalue weighted by molar-refractivity contribution is 0.0302. The Hall–Kier alpha value is -3.24. The first-order chi connectivity index (χ1) is 14.4. The molecule has 11 heteroatoms. The van der Waals surface area contributed by atoms with Crippen molar-refractivity contribution in [3.8, 4) is 0 Å². The molecule has 0 spiro atoms. The molecule has 1 aliphatic heterocycles. The molecule has 6 N–H and O–H groups in total. The van der Waals surface area contributed by atoms with Crippen LogP contribution in [0.15, 0.2) is 24.4 Å². The van der Waals surface area contributed by atoms with Crippen molar-refractivity contribution in [1.82, 2.24) is 19.9 Å². The van der Waals surface area contributed by atoms with E-state index in [1.54, 1.807) is 13.1 Å². The zero-order valence-corrected chi connectivity index (χ0v) is 17.5. The summed E-state index contributed by atoms with van der Waals surface area (Å²) in [6.07, 6.45) is 1.26. The van der Waals surface area contributed by atoms with E-state index >= 15 is 0 Å². The van der Waals surface area contributed by atoms with Gasteiger partial charge in [0.2, 0.25) is 0 Å². The summed E-state index contributed by atoms with van der Waals surface area (Å²) in [4.78, 5) is 19.8. The maximum absolute atomic E-state index is 12.9. The van der Waals surface area contributed by atoms with Gasteiger partial charge in [-0.2, -0.15) is 0 Å². The van der Waals surface area contributed by atoms with Crippen molar-refractivity contribution >= 4 is 51.9 Å². The molecule has 1 aliphatic rings. The molecule has 2 atom stereocenters. The Morgan fingerprint density at radius 1 is 1.30 bits per heavy atom. The minimum atomic E-state index is -0.291. The van der Waals surface area contributed by atoms with Crippen molar-refractivity contribution in [1.29, 1.82) is 0 Å². The number of imidazole rings is 1. The molecule has 30 heavy (non-hydrogen) atoms. The predicted octanol–water partition coefficient (Wildman–Crippen LogP) is 2.70. The number of rotatable bonds is 2. The van der Waals surface area contributed by atoms with Crippen molar-refractivity contribution in [2.75, 3.05) is 28.3 Å². The van der Waals surface area contributed by atoms with Crippen LogP contribution >= 0.6 is 11.8 Å². The second-order valence-electron chi connectivity index (χ2n) is 7.17. The standard InChI is InChI=1S/C19H23ClN8O2/c1-9-10(2)30-8-11-4-12(17(21)13(5-11)26-20)25-16-6-14(22-3)18-23-7-15(19(29)24-9)28(18)27-16/h4-7,9-10,22,26H,8,21H2,1-3H3,(H,24,29)(H,25,27). The zero-order valence-electron chi connectivity index (χ0n) is 16.8. The van der Waals surface area contributed by atoms with Gasteiger partial charge in [0, 0.05) is 24.9 Å². The molecule has 0 fully saturated rings. The van der Waals surface area contributed by atoms with E-state index in [0.29, 0.717) is 46.5 Å². The number of hydrogen-bond acceptors (Lipinski definition) is 8. The van der Waals surface area contributed by atoms with Gasteiger partial charge in [-0.3, -0.25) is 9.63 Å². The Morgan fingerprint density at radius 2 is 2.10 bits per heavy atom. The zero-order chi connectivity index (χ0) is 21.4. The maximum Gasteiger partial charge on any atom is 0.271 e. The number of halogens is 1. The number of aromatic nitrogens is 3. The number of anilines is 5. The van der Waals surface area contributed by atoms with E-state index in [4.69, 9.17) is 22.2 Å². The summed E-state index contributed by atoms with van der Waals surface area (Å²) in [5, 5.41) is 13.8. The normalized spacial score (nSPS) is 19.1. The van der Waals surface area contributed by atoms with Gasteiger partial charge >= 0.3 is 0 Å². The van der Waals surface area contributed by atoms with Crippen LogP contribution in [0.2, 0.25) is 0 Å². The number of nitrogens with two attached hydrogens (primary N) is 1. The number of benzene rings is 1. The lowest BCUT2D eigenvalue weighted by Crippen LogP contribution is -2.41. The van der Waals surface area contributed by atoms with Gasteiger partial charge in [-0.05, 0) is 31.5 Å². The molecule has 10 nitrogen and oxygen atoms in total. The fourth-order valence-corrected chi connectivity index (χ4v) is 3.41. The van der Waals surface area contributed by atoms with E-state index in [2.05, 4.69) is 30.9 Å². The number of fused-ring (bicyclic) bond motifs is 3. The summed E-state index contributed by atoms with van der Waals surface area (Å²) >= 11 is 5.87. The van der Waals surface area contributed by atoms with E-state index in [-0.39, 0.29) is 18.1 Å². The number of nitrogens with one attached hydrogen (secondary N) is 4. The quantitative estimate of drug-likeness (QED) is 0.310. The van der Waals surface area contributed by atoms with Crippen molar-refractivity contribution in [3.63, 3.8) is 0 Å². The fraction of sp³-hybridized carbons (Fsp3) is 0.316. The van der Waals surface area contributed by atoms with Gasteiger partial charge in [-0.1, -0.05) is 0 Å². The van der Waals surface area contributed by atoms with Crippen LogP contribution in [0.5, 0.6) is 0 Å². The maximum atomic E-state index is 12.9. The van der Waals surface area contributed by atoms with Gasteiger partial charge in [0.25, 0.3) is 5.91 Å². The lowest BCUT2D eigenvalue weighted by Gasteiger charge is -2.23. The first kappa shape index (κ1) is 20.0. The highest BCUT2D eigenvalue weighted by Gasteiger charge is 2.22. The van der Waals surface area contributed by atoms with Crippen LogP contribution in [0.3, 0.4) is 0 Å². The number of amides is 1. The Balaban J connectivity index is 1.91. The molecular formula is C19H23ClN8O2. The molecule has 0 saturated heterocycles. The van der Waals surface area contributed by atoms with E-state index in [1.165, 1.54) is 10.7 Å². The molecule has 0 radical (unpaired) electrons. The summed E-state index contributed by atoms with van der Waals surface area (Å²) < 4.78 is 7.46. The molecule has 4 bridgehead atoms. The number of nitrogen functional groups attached to an aromatic ring is 1. The van der Waals surface area contributed by atoms with E-state index < -0.39 is 0 Å². The Labute approximate surface area is 178 Å². The minimum Gasteiger partial charge on any atom is -0.395 e. The molecule has 2 aromatic heterocycles. The summed E-state index contributed by atoms with van der Waals surface area (Å²) in [6, 6.07) is 5.25. The predicted molar refractivity (Wildman–Crippen MR) is 117 cm³/mol. The van der Waals surface area contributed by atoms with Crippen LogP contribution in [-0.2, 0) is 11.3 Å². The first-order valence-electron chi connectivity index (χ1n) is 9.46. The van der Waals surface area contributed by atoms with E-state index in [9.17, 15) is 4.79 Å². The van der Waals surface area contributed by atoms with Gasteiger partial charge in [0.15, 0.2) is 17.2 Å². The summed E-state index contributed by atoms with van der Waals surface area (Å²) in [5.74, 6) is 0.184. The van der Waals surface area contributed by atoms with Crippen molar-refractivity contribution in [3.05, 3.63) is 35.7 Å². The average Bonchev–Trinajstić information content (AvgIpc) is 3.16. The topological polar surface area (TPSA) is 131 Å². The molecule has 0 aliphatic carbocycles. The van der Waals surface area contributed by atoms with Crippen LogP contribution < -0.4 is 26.5 Å². The second-order valence-corrected chi connectivity index (χ2v) is 7.36. The van der Waals surface area contributed by atoms with Crippen LogP contribution in [-0.4, -0.2) is 39.7 Å². The van der Waals surface area contributed by atoms with E-state index in [1.807, 2.05) is 26.0 Å². The smallest absolute Gasteiger partial charge is 0.271 e. The number of nitrogens with zero attached hydrogens (tertiary/aromatic N) is 3. The third kappa shape index (κ3) is 3.55. The lowest BCUT2D eigenvalue weighted by atomic mass is 10.1. The minimum absolute atomic E-state index is 0.241. The number of hydrogen-bond donors (Lipinski definition) is 5. The molecule has 3 heterocycles. The molecule has 3 aromatic rings. The number of ether oxygens (including phenoxy) is 1. The third-order valence-electron chi connectivity index (χ3n) is 5.15. The first-order valence-corrected chi connectivity index (χ1v) is 9.84. The van der Waals surface area contributed by atoms with Gasteiger partial charge in [-0.15, -0.1) is 5.10 Å². The Morgan fingerprint density at radius 3 is 2.83 bits per heavy atom. The van der Waals surface area contributed by atoms with Crippen molar-refractivity contribution < 1.29 is 9.53 Å². The molecule has 0 saturated carbocycles. The molecule has 1 amide bonds. The molecule has 1 aromatic carbocycles. The summed E-state index contributed by atoms with van der Waals surface area (Å²) in [7, 11) is 1.78. The van der Waals surface area contributed by atoms with Crippen molar-refractivity contribution in [2.45, 2.75) is 32.6 Å². The van der Waals surface area contributed by atoms with Crippen LogP contribution in [0, 0.1) is 0 Å². The van der Waals surface area contributed by atoms with Crippen LogP contribution in [0.4, 0.5) is 28.6 Å². The van der Waals surface area contributed by atoms with Gasteiger partial charge in [0.1, 0.15) is 0 Å². The van der Waals surface area contributed by atoms with Crippen LogP contribution in [0.25, 0.3) is 5.65 Å². The highest BCUT2D eigenvalue weighted by molar-refractivity contribution is 6.25. The Bertz CT molecular complexity index is 1120. The molecule has 158 valence electrons. The van der Waals surface area contributed by atoms with Crippen LogP contribution in [0.1, 0.15) is 29.9 Å². The molecular weight excluding hydrogens is 408 g/mol. The second kappa shape index (κ2) is 7.88. The largest absolute Gasteiger partial charge is 0.395 e. The van der Waals surface area contributed by atoms with Gasteiger partial charge < -0.3 is 26.4 Å². The Kier molecular flexibility index (Phi) is 5.27. The SMILES string of the molecule is CNc1cc2nn3c(cnc13)C(=O)NC(C)C(C)OCc1cc(NCl)c(N)c(c1)N2.